The van der Waals surface area contributed by atoms with Crippen LogP contribution in [-0.4, -0.2) is 44.9 Å². The fraction of sp³-hybridized carbons (Fsp3) is 1.00. The Balaban J connectivity index is 3.16. The Kier molecular flexibility index (Phi) is 5.54. The number of hydrogen-bond donors (Lipinski definition) is 0. The van der Waals surface area contributed by atoms with Crippen LogP contribution < -0.4 is 0 Å². The quantitative estimate of drug-likeness (QED) is 0.576. The number of alkyl halides is 1. The number of ether oxygens (including phenoxy) is 1. The number of halogens is 1. The first-order valence-electron chi connectivity index (χ1n) is 3.48. The summed E-state index contributed by atoms with van der Waals surface area (Å²) in [5.74, 6) is 0. The lowest BCUT2D eigenvalue weighted by molar-refractivity contribution is 0.146. The predicted octanol–water partition coefficient (Wildman–Crippen LogP) is 0.923. The van der Waals surface area contributed by atoms with E-state index < -0.39 is 6.17 Å². The van der Waals surface area contributed by atoms with Gasteiger partial charge in [-0.2, -0.15) is 0 Å². The van der Waals surface area contributed by atoms with Crippen molar-refractivity contribution in [1.82, 2.24) is 4.90 Å². The van der Waals surface area contributed by atoms with E-state index in [9.17, 15) is 4.39 Å². The monoisotopic (exact) mass is 149 g/mol. The number of nitrogens with zero attached hydrogens (tertiary/aromatic N) is 1. The highest BCUT2D eigenvalue weighted by Gasteiger charge is 2.02. The second kappa shape index (κ2) is 5.62. The van der Waals surface area contributed by atoms with Gasteiger partial charge in [0.25, 0.3) is 0 Å². The van der Waals surface area contributed by atoms with Crippen molar-refractivity contribution in [3.05, 3.63) is 0 Å². The van der Waals surface area contributed by atoms with Crippen molar-refractivity contribution >= 4 is 0 Å². The number of likely N-dealkylation sites (N-methyl/N-ethyl adjacent to an activating group) is 1. The first-order chi connectivity index (χ1) is 4.66. The molecule has 0 saturated heterocycles. The second-order valence-electron chi connectivity index (χ2n) is 2.54. The molecule has 0 spiro atoms. The zero-order valence-electron chi connectivity index (χ0n) is 6.93. The molecule has 0 aliphatic rings. The van der Waals surface area contributed by atoms with Crippen molar-refractivity contribution < 1.29 is 9.13 Å². The first kappa shape index (κ1) is 9.85. The Labute approximate surface area is 62.0 Å². The van der Waals surface area contributed by atoms with Gasteiger partial charge >= 0.3 is 0 Å². The van der Waals surface area contributed by atoms with E-state index in [0.717, 1.165) is 6.54 Å². The number of methoxy groups -OCH3 is 1. The molecule has 3 heteroatoms. The standard InChI is InChI=1S/C7H16FNO/c1-7(8)6-9(2)4-5-10-3/h7H,4-6H2,1-3H3. The van der Waals surface area contributed by atoms with E-state index >= 15 is 0 Å². The molecule has 62 valence electrons. The van der Waals surface area contributed by atoms with Crippen LogP contribution in [0.4, 0.5) is 4.39 Å². The van der Waals surface area contributed by atoms with Crippen LogP contribution in [-0.2, 0) is 4.74 Å². The van der Waals surface area contributed by atoms with E-state index in [1.54, 1.807) is 14.0 Å². The molecule has 1 unspecified atom stereocenters. The van der Waals surface area contributed by atoms with Crippen LogP contribution in [0, 0.1) is 0 Å². The van der Waals surface area contributed by atoms with Crippen LogP contribution in [0.3, 0.4) is 0 Å². The van der Waals surface area contributed by atoms with Crippen molar-refractivity contribution in [1.29, 1.82) is 0 Å². The molecule has 2 nitrogen and oxygen atoms in total. The molecule has 0 N–H and O–H groups in total. The van der Waals surface area contributed by atoms with Gasteiger partial charge in [0, 0.05) is 20.2 Å². The van der Waals surface area contributed by atoms with Gasteiger partial charge in [-0.05, 0) is 14.0 Å². The molecule has 0 bridgehead atoms. The van der Waals surface area contributed by atoms with Crippen LogP contribution >= 0.6 is 0 Å². The zero-order valence-corrected chi connectivity index (χ0v) is 6.93. The third-order valence-electron chi connectivity index (χ3n) is 1.24. The summed E-state index contributed by atoms with van der Waals surface area (Å²) in [5.41, 5.74) is 0. The summed E-state index contributed by atoms with van der Waals surface area (Å²) in [7, 11) is 3.53. The smallest absolute Gasteiger partial charge is 0.110 e. The molecule has 0 radical (unpaired) electrons. The lowest BCUT2D eigenvalue weighted by Gasteiger charge is -2.15. The SMILES string of the molecule is COCCN(C)CC(C)F. The van der Waals surface area contributed by atoms with E-state index in [0.29, 0.717) is 13.2 Å². The molecule has 0 aromatic rings. The molecule has 0 aliphatic carbocycles. The topological polar surface area (TPSA) is 12.5 Å². The highest BCUT2D eigenvalue weighted by molar-refractivity contribution is 4.55. The van der Waals surface area contributed by atoms with Crippen LogP contribution in [0.25, 0.3) is 0 Å². The molecule has 0 aliphatic heterocycles. The summed E-state index contributed by atoms with van der Waals surface area (Å²) in [6, 6.07) is 0. The summed E-state index contributed by atoms with van der Waals surface area (Å²) < 4.78 is 17.1. The summed E-state index contributed by atoms with van der Waals surface area (Å²) in [5, 5.41) is 0. The Morgan fingerprint density at radius 1 is 1.60 bits per heavy atom. The van der Waals surface area contributed by atoms with E-state index in [4.69, 9.17) is 4.74 Å². The van der Waals surface area contributed by atoms with E-state index in [2.05, 4.69) is 0 Å². The van der Waals surface area contributed by atoms with Gasteiger partial charge in [0.15, 0.2) is 0 Å². The summed E-state index contributed by atoms with van der Waals surface area (Å²) in [6.45, 7) is 3.51. The number of hydrogen-bond acceptors (Lipinski definition) is 2. The van der Waals surface area contributed by atoms with Gasteiger partial charge in [-0.25, -0.2) is 4.39 Å². The Morgan fingerprint density at radius 3 is 2.60 bits per heavy atom. The fourth-order valence-corrected chi connectivity index (χ4v) is 0.768. The summed E-state index contributed by atoms with van der Waals surface area (Å²) in [6.07, 6.45) is -0.748. The van der Waals surface area contributed by atoms with E-state index in [1.807, 2.05) is 11.9 Å². The molecule has 0 amide bonds. The van der Waals surface area contributed by atoms with Crippen LogP contribution in [0.2, 0.25) is 0 Å². The van der Waals surface area contributed by atoms with Gasteiger partial charge in [-0.3, -0.25) is 0 Å². The maximum absolute atomic E-state index is 12.3. The fourth-order valence-electron chi connectivity index (χ4n) is 0.768. The van der Waals surface area contributed by atoms with Crippen molar-refractivity contribution in [2.24, 2.45) is 0 Å². The zero-order chi connectivity index (χ0) is 7.98. The minimum absolute atomic E-state index is 0.489. The molecule has 0 saturated carbocycles. The molecule has 0 heterocycles. The van der Waals surface area contributed by atoms with Crippen LogP contribution in [0.5, 0.6) is 0 Å². The van der Waals surface area contributed by atoms with Crippen molar-refractivity contribution in [3.8, 4) is 0 Å². The summed E-state index contributed by atoms with van der Waals surface area (Å²) in [4.78, 5) is 1.91. The second-order valence-corrected chi connectivity index (χ2v) is 2.54. The molecule has 0 aromatic heterocycles. The Morgan fingerprint density at radius 2 is 2.20 bits per heavy atom. The van der Waals surface area contributed by atoms with Crippen molar-refractivity contribution in [2.75, 3.05) is 33.9 Å². The normalized spacial score (nSPS) is 14.1. The minimum Gasteiger partial charge on any atom is -0.383 e. The molecule has 0 fully saturated rings. The maximum atomic E-state index is 12.3. The third kappa shape index (κ3) is 5.98. The first-order valence-corrected chi connectivity index (χ1v) is 3.48. The van der Waals surface area contributed by atoms with Gasteiger partial charge in [0.2, 0.25) is 0 Å². The van der Waals surface area contributed by atoms with Gasteiger partial charge in [-0.1, -0.05) is 0 Å². The maximum Gasteiger partial charge on any atom is 0.110 e. The molecule has 1 atom stereocenters. The average Bonchev–Trinajstić information content (AvgIpc) is 1.82. The van der Waals surface area contributed by atoms with Gasteiger partial charge in [0.1, 0.15) is 6.17 Å². The summed E-state index contributed by atoms with van der Waals surface area (Å²) >= 11 is 0. The largest absolute Gasteiger partial charge is 0.383 e. The van der Waals surface area contributed by atoms with Crippen LogP contribution in [0.1, 0.15) is 6.92 Å². The molecule has 0 aromatic carbocycles. The molecule has 10 heavy (non-hydrogen) atoms. The van der Waals surface area contributed by atoms with Crippen molar-refractivity contribution in [2.45, 2.75) is 13.1 Å². The Bertz CT molecular complexity index is 78.0. The lowest BCUT2D eigenvalue weighted by atomic mass is 10.4. The van der Waals surface area contributed by atoms with Gasteiger partial charge in [0.05, 0.1) is 6.61 Å². The average molecular weight is 149 g/mol. The van der Waals surface area contributed by atoms with Gasteiger partial charge < -0.3 is 9.64 Å². The highest BCUT2D eigenvalue weighted by atomic mass is 19.1. The van der Waals surface area contributed by atoms with Crippen LogP contribution in [0.15, 0.2) is 0 Å². The molecular weight excluding hydrogens is 133 g/mol. The highest BCUT2D eigenvalue weighted by Crippen LogP contribution is 1.91. The van der Waals surface area contributed by atoms with E-state index in [-0.39, 0.29) is 0 Å². The minimum atomic E-state index is -0.748. The lowest BCUT2D eigenvalue weighted by Crippen LogP contribution is -2.28. The number of rotatable bonds is 5. The predicted molar refractivity (Wildman–Crippen MR) is 39.9 cm³/mol. The molecule has 0 rings (SSSR count). The van der Waals surface area contributed by atoms with E-state index in [1.165, 1.54) is 0 Å². The third-order valence-corrected chi connectivity index (χ3v) is 1.24. The van der Waals surface area contributed by atoms with Gasteiger partial charge in [-0.15, -0.1) is 0 Å². The van der Waals surface area contributed by atoms with Crippen molar-refractivity contribution in [3.63, 3.8) is 0 Å². The molecular formula is C7H16FNO. The Hall–Kier alpha value is -0.150.